The Balaban J connectivity index is 1.27. The second-order valence-electron chi connectivity index (χ2n) is 16.4. The lowest BCUT2D eigenvalue weighted by Crippen LogP contribution is -2.67. The molecule has 368 valence electrons. The van der Waals surface area contributed by atoms with Crippen LogP contribution in [-0.4, -0.2) is 206 Å². The molecule has 16 rings (SSSR count). The predicted molar refractivity (Wildman–Crippen MR) is 225 cm³/mol. The minimum atomic E-state index is -1.15. The lowest BCUT2D eigenvalue weighted by atomic mass is 9.95. The Morgan fingerprint density at radius 2 is 0.788 bits per heavy atom. The van der Waals surface area contributed by atoms with Crippen molar-refractivity contribution in [1.29, 1.82) is 0 Å². The molecule has 14 aliphatic rings. The van der Waals surface area contributed by atoms with Crippen LogP contribution in [0.3, 0.4) is 0 Å². The van der Waals surface area contributed by atoms with Gasteiger partial charge in [-0.05, 0) is 24.3 Å². The smallest absolute Gasteiger partial charge is 0.338 e. The second kappa shape index (κ2) is 24.3. The Labute approximate surface area is 384 Å². The Kier molecular flexibility index (Phi) is 18.7. The van der Waals surface area contributed by atoms with Crippen LogP contribution in [0.15, 0.2) is 60.7 Å². The maximum Gasteiger partial charge on any atom is 0.338 e. The monoisotopic (exact) mass is 936 g/mol. The summed E-state index contributed by atoms with van der Waals surface area (Å²) in [4.78, 5) is 26.7. The van der Waals surface area contributed by atoms with Crippen LogP contribution in [0.5, 0.6) is 0 Å². The number of benzene rings is 2. The van der Waals surface area contributed by atoms with Gasteiger partial charge in [0.05, 0.1) is 36.5 Å². The summed E-state index contributed by atoms with van der Waals surface area (Å²) >= 11 is 0. The molecule has 0 aliphatic carbocycles. The summed E-state index contributed by atoms with van der Waals surface area (Å²) < 4.78 is 114. The quantitative estimate of drug-likeness (QED) is 0.222. The molecule has 0 aromatic heterocycles. The van der Waals surface area contributed by atoms with Crippen molar-refractivity contribution in [3.05, 3.63) is 71.8 Å². The van der Waals surface area contributed by atoms with E-state index in [-0.39, 0.29) is 39.3 Å². The number of hydrogen-bond donors (Lipinski definition) is 0. The topological polar surface area (TPSA) is 200 Å². The molecule has 14 saturated heterocycles. The van der Waals surface area contributed by atoms with Gasteiger partial charge in [-0.2, -0.15) is 0 Å². The van der Waals surface area contributed by atoms with E-state index in [1.165, 1.54) is 42.7 Å². The molecule has 20 heteroatoms. The van der Waals surface area contributed by atoms with Gasteiger partial charge in [0.15, 0.2) is 25.2 Å². The van der Waals surface area contributed by atoms with Crippen LogP contribution >= 0.6 is 0 Å². The average Bonchev–Trinajstić information content (AvgIpc) is 3.34. The normalized spacial score (nSPS) is 38.2. The number of carbonyl (C=O) groups is 2. The van der Waals surface area contributed by atoms with Crippen LogP contribution < -0.4 is 0 Å². The Hall–Kier alpha value is -3.26. The molecule has 0 radical (unpaired) electrons. The van der Waals surface area contributed by atoms with Gasteiger partial charge in [-0.15, -0.1) is 0 Å². The largest absolute Gasteiger partial charge is 0.459 e. The fraction of sp³-hybridized carbons (Fsp3) is 0.696. The summed E-state index contributed by atoms with van der Waals surface area (Å²) in [7, 11) is 12.2. The fourth-order valence-corrected chi connectivity index (χ4v) is 9.26. The molecule has 0 unspecified atom stereocenters. The summed E-state index contributed by atoms with van der Waals surface area (Å²) in [6.45, 7) is -0.454. The maximum atomic E-state index is 13.3. The van der Waals surface area contributed by atoms with Gasteiger partial charge in [-0.1, -0.05) is 36.4 Å². The lowest BCUT2D eigenvalue weighted by molar-refractivity contribution is -0.392. The molecule has 0 saturated carbocycles. The van der Waals surface area contributed by atoms with E-state index in [0.717, 1.165) is 0 Å². The number of carbonyl (C=O) groups excluding carboxylic acids is 2. The standard InChI is InChI=1S/C46H64O20/c1-49-21-29-35-27(51-3)19-33(59-29)63-37-31(23-57-43(47)25-15-11-9-12-16-25)62-46(42(56-8)39(37)53-5)66-36-28(52-4)20-34(60-30(36)22-50-2)64-38-32(24-58-44(48)26-17-13-10-14-18-26)61-45(65-35)41(55-7)40(38)54-6/h9-18,27-42,45-46H,19-24H2,1-8H3/t27-,28-,29-,30-,31-,32-,33-,34-,35+,36+,37-,38-,39+,40+,41-,42-,45-,46-/m1/s1. The van der Waals surface area contributed by atoms with E-state index in [2.05, 4.69) is 0 Å². The van der Waals surface area contributed by atoms with Crippen LogP contribution in [-0.2, 0) is 85.3 Å². The molecule has 2 aromatic carbocycles. The summed E-state index contributed by atoms with van der Waals surface area (Å²) in [5.74, 6) is -1.14. The van der Waals surface area contributed by atoms with Gasteiger partial charge in [0, 0.05) is 69.7 Å². The van der Waals surface area contributed by atoms with E-state index >= 15 is 0 Å². The number of methoxy groups -OCH3 is 8. The van der Waals surface area contributed by atoms with Crippen LogP contribution in [0.4, 0.5) is 0 Å². The minimum Gasteiger partial charge on any atom is -0.459 e. The van der Waals surface area contributed by atoms with E-state index in [0.29, 0.717) is 11.1 Å². The zero-order valence-electron chi connectivity index (χ0n) is 38.6. The minimum absolute atomic E-state index is 0.0413. The van der Waals surface area contributed by atoms with Crippen molar-refractivity contribution in [3.8, 4) is 0 Å². The van der Waals surface area contributed by atoms with E-state index in [1.54, 1.807) is 74.9 Å². The SMILES string of the molecule is COC[C@H]1O[C@H]2C[C@@H](OC)[C@@H]1O[C@H]1O[C@H](COC(=O)c3ccccc3)[C@@H](O[C@@H]3C[C@@H](OC)[C@H](O[C@H]4O[C@H](COC(=O)c5ccccc5)[C@@H](O2)[C@H](OC)[C@H]4OC)[C@@H](COC)O3)[C@H](OC)[C@H]1OC. The van der Waals surface area contributed by atoms with Crippen molar-refractivity contribution in [2.24, 2.45) is 0 Å². The molecule has 0 N–H and O–H groups in total. The highest BCUT2D eigenvalue weighted by molar-refractivity contribution is 5.89. The third-order valence-electron chi connectivity index (χ3n) is 12.5. The first-order valence-electron chi connectivity index (χ1n) is 22.0. The first-order valence-corrected chi connectivity index (χ1v) is 22.0. The summed E-state index contributed by atoms with van der Waals surface area (Å²) in [6.07, 6.45) is -16.1. The first kappa shape index (κ1) is 50.6. The molecule has 14 fully saturated rings. The number of ether oxygens (including phenoxy) is 18. The lowest BCUT2D eigenvalue weighted by Gasteiger charge is -2.51. The van der Waals surface area contributed by atoms with Gasteiger partial charge in [0.2, 0.25) is 0 Å². The van der Waals surface area contributed by atoms with Gasteiger partial charge in [0.1, 0.15) is 86.5 Å². The molecule has 2 aromatic rings. The van der Waals surface area contributed by atoms with Gasteiger partial charge in [-0.25, -0.2) is 9.59 Å². The molecule has 14 heterocycles. The highest BCUT2D eigenvalue weighted by atomic mass is 16.8. The van der Waals surface area contributed by atoms with Crippen molar-refractivity contribution >= 4 is 11.9 Å². The van der Waals surface area contributed by atoms with Crippen LogP contribution in [0.1, 0.15) is 33.6 Å². The molecule has 20 nitrogen and oxygen atoms in total. The van der Waals surface area contributed by atoms with Crippen molar-refractivity contribution in [1.82, 2.24) is 0 Å². The van der Waals surface area contributed by atoms with Gasteiger partial charge in [0.25, 0.3) is 0 Å². The number of rotatable bonds is 16. The predicted octanol–water partition coefficient (Wildman–Crippen LogP) is 2.32. The third kappa shape index (κ3) is 11.6. The Morgan fingerprint density at radius 3 is 1.12 bits per heavy atom. The highest BCUT2D eigenvalue weighted by Crippen LogP contribution is 2.39. The Bertz CT molecular complexity index is 1650. The third-order valence-corrected chi connectivity index (χ3v) is 12.5. The number of hydrogen-bond acceptors (Lipinski definition) is 20. The van der Waals surface area contributed by atoms with Crippen molar-refractivity contribution < 1.29 is 94.9 Å². The Morgan fingerprint density at radius 1 is 0.424 bits per heavy atom. The zero-order valence-corrected chi connectivity index (χ0v) is 38.6. The van der Waals surface area contributed by atoms with E-state index in [9.17, 15) is 9.59 Å². The first-order chi connectivity index (χ1) is 32.2. The average molecular weight is 937 g/mol. The maximum absolute atomic E-state index is 13.3. The van der Waals surface area contributed by atoms with E-state index in [4.69, 9.17) is 85.3 Å². The molecular formula is C46H64O20. The molecule has 18 atom stereocenters. The van der Waals surface area contributed by atoms with Crippen molar-refractivity contribution in [2.45, 2.75) is 123 Å². The van der Waals surface area contributed by atoms with Crippen LogP contribution in [0.2, 0.25) is 0 Å². The molecular weight excluding hydrogens is 872 g/mol. The van der Waals surface area contributed by atoms with E-state index < -0.39 is 123 Å². The molecule has 0 amide bonds. The van der Waals surface area contributed by atoms with Crippen LogP contribution in [0, 0.1) is 0 Å². The molecule has 0 spiro atoms. The number of esters is 2. The second-order valence-corrected chi connectivity index (χ2v) is 16.4. The fourth-order valence-electron chi connectivity index (χ4n) is 9.26. The van der Waals surface area contributed by atoms with Crippen LogP contribution in [0.25, 0.3) is 0 Å². The van der Waals surface area contributed by atoms with E-state index in [1.807, 2.05) is 0 Å². The van der Waals surface area contributed by atoms with Crippen molar-refractivity contribution in [2.75, 3.05) is 83.3 Å². The highest BCUT2D eigenvalue weighted by Gasteiger charge is 2.56. The summed E-state index contributed by atoms with van der Waals surface area (Å²) in [5.41, 5.74) is 0.700. The molecule has 14 aliphatic heterocycles. The van der Waals surface area contributed by atoms with Gasteiger partial charge >= 0.3 is 11.9 Å². The molecule has 8 bridgehead atoms. The summed E-state index contributed by atoms with van der Waals surface area (Å²) in [6, 6.07) is 17.2. The van der Waals surface area contributed by atoms with Gasteiger partial charge in [-0.3, -0.25) is 0 Å². The summed E-state index contributed by atoms with van der Waals surface area (Å²) in [5, 5.41) is 0. The molecule has 66 heavy (non-hydrogen) atoms. The zero-order chi connectivity index (χ0) is 46.7. The van der Waals surface area contributed by atoms with Crippen molar-refractivity contribution in [3.63, 3.8) is 0 Å². The van der Waals surface area contributed by atoms with Gasteiger partial charge < -0.3 is 85.3 Å².